The van der Waals surface area contributed by atoms with Gasteiger partial charge in [0.25, 0.3) is 0 Å². The Morgan fingerprint density at radius 2 is 0.821 bits per heavy atom. The molecule has 5 heterocycles. The van der Waals surface area contributed by atoms with Crippen LogP contribution in [-0.4, -0.2) is 71.3 Å². The van der Waals surface area contributed by atoms with E-state index in [1.807, 2.05) is 151 Å². The molecule has 400 valence electrons. The third-order valence-corrected chi connectivity index (χ3v) is 10.2. The Balaban J connectivity index is 0.000000256. The number of anilines is 2. The second kappa shape index (κ2) is 29.3. The number of pyridine rings is 4. The molecule has 0 radical (unpaired) electrons. The smallest absolute Gasteiger partial charge is 0.497 e. The molecule has 0 saturated carbocycles. The number of carbonyl (C=O) groups is 1. The number of hydrogen-bond donors (Lipinski definition) is 0. The largest absolute Gasteiger partial charge is 2.00 e. The van der Waals surface area contributed by atoms with Crippen molar-refractivity contribution in [2.45, 2.75) is 0 Å². The number of nitrogens with zero attached hydrogens (tertiary/aromatic N) is 8. The number of rotatable bonds is 9. The van der Waals surface area contributed by atoms with Gasteiger partial charge in [0.05, 0.1) is 85.4 Å². The molecule has 10 rings (SSSR count). The number of Topliss-reactive ketones (excluding diaryl/α,β-unsaturated/α-hetero) is 1. The first-order valence-corrected chi connectivity index (χ1v) is 24.7. The van der Waals surface area contributed by atoms with E-state index in [1.165, 1.54) is 0 Å². The molecule has 0 unspecified atom stereocenters. The zero-order chi connectivity index (χ0) is 55.4. The van der Waals surface area contributed by atoms with Crippen LogP contribution in [0.4, 0.5) is 28.4 Å². The van der Waals surface area contributed by atoms with Crippen molar-refractivity contribution in [1.82, 2.24) is 19.9 Å². The second-order valence-corrected chi connectivity index (χ2v) is 16.7. The molecule has 0 atom stereocenters. The number of hydrogen-bond acceptors (Lipinski definition) is 21. The van der Waals surface area contributed by atoms with Crippen molar-refractivity contribution >= 4 is 51.4 Å². The molecule has 0 N–H and O–H groups in total. The molecule has 1 aliphatic heterocycles. The summed E-state index contributed by atoms with van der Waals surface area (Å²) in [6, 6.07) is 50.8. The number of fused-ring (bicyclic) bond motifs is 2. The van der Waals surface area contributed by atoms with Gasteiger partial charge in [-0.25, -0.2) is 52.2 Å². The summed E-state index contributed by atoms with van der Waals surface area (Å²) in [6.07, 6.45) is 8.92. The normalized spacial score (nSPS) is 13.2. The number of methoxy groups -OCH3 is 4. The molecule has 8 aromatic rings. The van der Waals surface area contributed by atoms with Crippen LogP contribution in [0.1, 0.15) is 0 Å². The molecule has 24 heteroatoms. The summed E-state index contributed by atoms with van der Waals surface area (Å²) in [5, 5.41) is 0. The number of allylic oxidation sites excluding steroid dienone is 2. The van der Waals surface area contributed by atoms with E-state index in [0.29, 0.717) is 51.5 Å². The summed E-state index contributed by atoms with van der Waals surface area (Å²) in [5.74, 6) is 2.41. The average molecular weight is 1180 g/mol. The molecule has 21 nitrogen and oxygen atoms in total. The second-order valence-electron chi connectivity index (χ2n) is 15.2. The fourth-order valence-corrected chi connectivity index (χ4v) is 6.89. The minimum Gasteiger partial charge on any atom is -0.497 e. The van der Waals surface area contributed by atoms with E-state index >= 15 is 0 Å². The SMILES string of the molecule is COc1ccc(N=C2C=C3C(=Nc4ccc(OC)cc4N3c3ccc(OC)cc3)C(=O)C2=Nc2ccc(OC)cc2)cc1.[O-][Cl+3]([O-])([O-])[O-].[O-][Cl+3]([O-])([O-])[O-].[Ru+2].c1ccc(-c2ccccn2)nc1.c1ccc(-c2ccccn2)nc1. The Labute approximate surface area is 464 Å². The summed E-state index contributed by atoms with van der Waals surface area (Å²) in [4.78, 5) is 47.5. The fourth-order valence-electron chi connectivity index (χ4n) is 6.89. The maximum atomic E-state index is 14.3. The van der Waals surface area contributed by atoms with E-state index in [9.17, 15) is 4.79 Å². The number of halogens is 2. The van der Waals surface area contributed by atoms with Crippen molar-refractivity contribution < 1.29 is 101 Å². The van der Waals surface area contributed by atoms with Crippen LogP contribution < -0.4 is 61.1 Å². The van der Waals surface area contributed by atoms with Crippen molar-refractivity contribution in [3.63, 3.8) is 0 Å². The van der Waals surface area contributed by atoms with Crippen LogP contribution in [0.2, 0.25) is 0 Å². The monoisotopic (exact) mass is 1180 g/mol. The van der Waals surface area contributed by atoms with Crippen molar-refractivity contribution in [1.29, 1.82) is 0 Å². The number of ether oxygens (including phenoxy) is 4. The van der Waals surface area contributed by atoms with E-state index in [1.54, 1.807) is 77.5 Å². The molecule has 0 fully saturated rings. The van der Waals surface area contributed by atoms with Gasteiger partial charge in [0.1, 0.15) is 34.4 Å². The third-order valence-electron chi connectivity index (χ3n) is 10.2. The number of carbonyl (C=O) groups excluding carboxylic acids is 1. The maximum absolute atomic E-state index is 14.3. The molecule has 78 heavy (non-hydrogen) atoms. The van der Waals surface area contributed by atoms with Gasteiger partial charge in [0.15, 0.2) is 0 Å². The summed E-state index contributed by atoms with van der Waals surface area (Å²) >= 11 is 0. The van der Waals surface area contributed by atoms with E-state index in [2.05, 4.69) is 19.9 Å². The molecule has 4 aromatic heterocycles. The molecule has 0 saturated heterocycles. The molecular weight excluding hydrogens is 1140 g/mol. The molecule has 0 bridgehead atoms. The first-order chi connectivity index (χ1) is 36.9. The number of aromatic nitrogens is 4. The summed E-state index contributed by atoms with van der Waals surface area (Å²) in [7, 11) is -3.45. The van der Waals surface area contributed by atoms with Crippen molar-refractivity contribution in [2.24, 2.45) is 15.0 Å². The predicted molar refractivity (Wildman–Crippen MR) is 263 cm³/mol. The molecule has 2 aliphatic rings. The minimum absolute atomic E-state index is 0. The van der Waals surface area contributed by atoms with Crippen LogP contribution >= 0.6 is 0 Å². The number of benzene rings is 4. The van der Waals surface area contributed by atoms with Gasteiger partial charge in [-0.3, -0.25) is 24.7 Å². The number of ketones is 1. The first-order valence-electron chi connectivity index (χ1n) is 22.3. The van der Waals surface area contributed by atoms with E-state index < -0.39 is 20.5 Å². The zero-order valence-electron chi connectivity index (χ0n) is 41.5. The van der Waals surface area contributed by atoms with Crippen molar-refractivity contribution in [3.05, 3.63) is 200 Å². The van der Waals surface area contributed by atoms with Crippen LogP contribution in [0.5, 0.6) is 23.0 Å². The summed E-state index contributed by atoms with van der Waals surface area (Å²) in [5.41, 5.74) is 8.46. The summed E-state index contributed by atoms with van der Waals surface area (Å²) in [6.45, 7) is 0. The van der Waals surface area contributed by atoms with Gasteiger partial charge in [0, 0.05) is 36.5 Å². The van der Waals surface area contributed by atoms with Crippen LogP contribution in [0.15, 0.2) is 215 Å². The topological polar surface area (TPSA) is 330 Å². The first kappa shape index (κ1) is 60.6. The van der Waals surface area contributed by atoms with E-state index in [0.717, 1.165) is 34.2 Å². The number of aliphatic imine (C=N–C) groups is 3. The Kier molecular flexibility index (Phi) is 22.8. The van der Waals surface area contributed by atoms with Crippen LogP contribution in [0.3, 0.4) is 0 Å². The fraction of sp³-hybridized carbons (Fsp3) is 0.0741. The Morgan fingerprint density at radius 3 is 1.18 bits per heavy atom. The van der Waals surface area contributed by atoms with Crippen molar-refractivity contribution in [2.75, 3.05) is 33.3 Å². The van der Waals surface area contributed by atoms with Crippen LogP contribution in [-0.2, 0) is 24.3 Å². The standard InChI is InChI=1S/C34H28N4O5.2C10H8N2.2ClHO4.Ru/c1-40-24-11-5-21(6-12-24)35-29-20-31-33(34(39)32(29)36-22-7-13-25(41-2)14-8-22)37-28-18-17-27(43-4)19-30(28)38(31)23-9-15-26(42-3)16-10-23;2*1-3-7-11-9(5-1)10-6-2-4-8-12-10;2*2-1(3,4)5;/h5-20H,1-4H3;2*1-8H;2*(H,2,3,4,5);/q;;;;;+2/p-2. The van der Waals surface area contributed by atoms with Gasteiger partial charge in [0.2, 0.25) is 5.78 Å². The Bertz CT molecular complexity index is 3110. The van der Waals surface area contributed by atoms with Gasteiger partial charge in [-0.05, 0) is 140 Å². The molecular formula is C54H44Cl2N8O13Ru. The third kappa shape index (κ3) is 18.8. The van der Waals surface area contributed by atoms with Gasteiger partial charge in [-0.1, -0.05) is 24.3 Å². The minimum atomic E-state index is -4.94. The molecule has 4 aromatic carbocycles. The molecule has 0 spiro atoms. The Morgan fingerprint density at radius 1 is 0.462 bits per heavy atom. The quantitative estimate of drug-likeness (QED) is 0.186. The Hall–Kier alpha value is -8.22. The van der Waals surface area contributed by atoms with Gasteiger partial charge >= 0.3 is 19.5 Å². The van der Waals surface area contributed by atoms with Crippen LogP contribution in [0, 0.1) is 20.5 Å². The van der Waals surface area contributed by atoms with E-state index in [-0.39, 0.29) is 36.7 Å². The van der Waals surface area contributed by atoms with Gasteiger partial charge < -0.3 is 23.8 Å². The molecule has 0 amide bonds. The maximum Gasteiger partial charge on any atom is 2.00 e. The summed E-state index contributed by atoms with van der Waals surface area (Å²) < 4.78 is 89.5. The predicted octanol–water partition coefficient (Wildman–Crippen LogP) is 1.73. The van der Waals surface area contributed by atoms with Crippen LogP contribution in [0.25, 0.3) is 22.8 Å². The van der Waals surface area contributed by atoms with Crippen molar-refractivity contribution in [3.8, 4) is 45.8 Å². The molecule has 1 aliphatic carbocycles. The average Bonchev–Trinajstić information content (AvgIpc) is 3.61. The van der Waals surface area contributed by atoms with Gasteiger partial charge in [-0.15, -0.1) is 20.5 Å². The van der Waals surface area contributed by atoms with E-state index in [4.69, 9.17) is 71.2 Å². The van der Waals surface area contributed by atoms with Gasteiger partial charge in [-0.2, -0.15) is 0 Å². The zero-order valence-corrected chi connectivity index (χ0v) is 44.7.